The molecule has 2 saturated heterocycles. The normalized spacial score (nSPS) is 16.4. The molecule has 0 bridgehead atoms. The summed E-state index contributed by atoms with van der Waals surface area (Å²) in [6.45, 7) is 2.10. The minimum Gasteiger partial charge on any atom is -0.268 e. The molecule has 216 valence electrons. The molecule has 2 fully saturated rings. The first-order chi connectivity index (χ1) is 19.9. The van der Waals surface area contributed by atoms with Crippen LogP contribution in [-0.2, 0) is 25.6 Å². The maximum atomic E-state index is 12.6. The third kappa shape index (κ3) is 5.03. The number of carbonyl (C=O) groups excluding carboxylic acids is 6. The summed E-state index contributed by atoms with van der Waals surface area (Å²) in [6.07, 6.45) is 4.84. The van der Waals surface area contributed by atoms with E-state index in [1.165, 1.54) is 68.6 Å². The van der Waals surface area contributed by atoms with E-state index >= 15 is 0 Å². The second-order valence-corrected chi connectivity index (χ2v) is 13.0. The molecule has 0 N–H and O–H groups in total. The van der Waals surface area contributed by atoms with Crippen molar-refractivity contribution in [1.82, 2.24) is 19.6 Å². The second kappa shape index (κ2) is 11.2. The SMILES string of the molecule is CCCc1cc(-c2ccc(C=C3C(=O)N(C)C(=O)N(C)C3=O)s2)sc1-c1ccc(C=C2C(=O)N(C)C(=O)N(C)C2=O)s1. The standard InChI is InChI=1S/C29H26N4O6S3/c1-6-7-15-12-22(20-10-8-16(40-20)13-18-24(34)30(2)28(38)31(3)25(18)35)42-23(15)21-11-9-17(41-21)14-19-26(36)32(4)29(39)33(5)27(19)37/h8-14H,6-7H2,1-5H3. The van der Waals surface area contributed by atoms with Crippen LogP contribution in [0.3, 0.4) is 0 Å². The molecule has 0 aromatic carbocycles. The predicted molar refractivity (Wildman–Crippen MR) is 163 cm³/mol. The Balaban J connectivity index is 1.45. The number of nitrogens with zero attached hydrogens (tertiary/aromatic N) is 4. The molecule has 5 rings (SSSR count). The molecule has 0 radical (unpaired) electrons. The van der Waals surface area contributed by atoms with Crippen LogP contribution < -0.4 is 0 Å². The van der Waals surface area contributed by atoms with E-state index in [1.54, 1.807) is 11.3 Å². The smallest absolute Gasteiger partial charge is 0.268 e. The van der Waals surface area contributed by atoms with Crippen molar-refractivity contribution in [3.8, 4) is 19.5 Å². The average Bonchev–Trinajstić information content (AvgIpc) is 3.73. The highest BCUT2D eigenvalue weighted by molar-refractivity contribution is 7.27. The lowest BCUT2D eigenvalue weighted by atomic mass is 10.1. The van der Waals surface area contributed by atoms with Gasteiger partial charge >= 0.3 is 12.1 Å². The molecular weight excluding hydrogens is 597 g/mol. The van der Waals surface area contributed by atoms with Crippen LogP contribution in [0, 0.1) is 0 Å². The average molecular weight is 623 g/mol. The van der Waals surface area contributed by atoms with Crippen LogP contribution in [0.2, 0.25) is 0 Å². The Morgan fingerprint density at radius 1 is 0.595 bits per heavy atom. The van der Waals surface area contributed by atoms with Gasteiger partial charge in [0.1, 0.15) is 11.1 Å². The number of imide groups is 4. The number of aryl methyl sites for hydroxylation is 1. The fraction of sp³-hybridized carbons (Fsp3) is 0.241. The zero-order chi connectivity index (χ0) is 30.5. The van der Waals surface area contributed by atoms with Crippen LogP contribution in [-0.4, -0.2) is 83.5 Å². The number of thiophene rings is 3. The van der Waals surface area contributed by atoms with E-state index in [4.69, 9.17) is 0 Å². The summed E-state index contributed by atoms with van der Waals surface area (Å²) in [4.78, 5) is 83.7. The second-order valence-electron chi connectivity index (χ2n) is 9.76. The summed E-state index contributed by atoms with van der Waals surface area (Å²) in [5.41, 5.74) is 1.04. The maximum Gasteiger partial charge on any atom is 0.333 e. The number of hydrogen-bond acceptors (Lipinski definition) is 9. The van der Waals surface area contributed by atoms with Gasteiger partial charge in [0, 0.05) is 57.5 Å². The number of amides is 8. The lowest BCUT2D eigenvalue weighted by molar-refractivity contribution is -0.135. The highest BCUT2D eigenvalue weighted by Gasteiger charge is 2.39. The molecule has 0 aliphatic carbocycles. The van der Waals surface area contributed by atoms with E-state index in [0.717, 1.165) is 56.8 Å². The zero-order valence-electron chi connectivity index (χ0n) is 23.4. The van der Waals surface area contributed by atoms with Crippen LogP contribution in [0.4, 0.5) is 9.59 Å². The van der Waals surface area contributed by atoms with Gasteiger partial charge in [-0.05, 0) is 54.5 Å². The zero-order valence-corrected chi connectivity index (χ0v) is 25.9. The molecule has 3 aromatic rings. The van der Waals surface area contributed by atoms with Crippen LogP contribution in [0.25, 0.3) is 31.7 Å². The van der Waals surface area contributed by atoms with Crippen molar-refractivity contribution in [2.24, 2.45) is 0 Å². The molecule has 2 aliphatic heterocycles. The summed E-state index contributed by atoms with van der Waals surface area (Å²) in [6, 6.07) is 8.41. The van der Waals surface area contributed by atoms with E-state index in [1.807, 2.05) is 24.3 Å². The van der Waals surface area contributed by atoms with E-state index in [0.29, 0.717) is 4.88 Å². The van der Waals surface area contributed by atoms with Crippen LogP contribution >= 0.6 is 34.0 Å². The van der Waals surface area contributed by atoms with Gasteiger partial charge < -0.3 is 0 Å². The molecule has 13 heteroatoms. The van der Waals surface area contributed by atoms with E-state index in [9.17, 15) is 28.8 Å². The maximum absolute atomic E-state index is 12.6. The van der Waals surface area contributed by atoms with Crippen LogP contribution in [0.15, 0.2) is 41.5 Å². The van der Waals surface area contributed by atoms with Crippen LogP contribution in [0.1, 0.15) is 28.7 Å². The first kappa shape index (κ1) is 29.3. The summed E-state index contributed by atoms with van der Waals surface area (Å²) in [7, 11) is 5.39. The molecule has 0 atom stereocenters. The number of carbonyl (C=O) groups is 6. The van der Waals surface area contributed by atoms with Crippen LogP contribution in [0.5, 0.6) is 0 Å². The molecule has 2 aliphatic rings. The Labute approximate surface area is 253 Å². The van der Waals surface area contributed by atoms with Gasteiger partial charge in [-0.15, -0.1) is 34.0 Å². The fourth-order valence-electron chi connectivity index (χ4n) is 4.56. The molecule has 5 heterocycles. The van der Waals surface area contributed by atoms with E-state index in [-0.39, 0.29) is 11.1 Å². The summed E-state index contributed by atoms with van der Waals surface area (Å²) < 4.78 is 0. The third-order valence-corrected chi connectivity index (χ3v) is 10.5. The number of hydrogen-bond donors (Lipinski definition) is 0. The van der Waals surface area contributed by atoms with Crippen molar-refractivity contribution < 1.29 is 28.8 Å². The van der Waals surface area contributed by atoms with Crippen molar-refractivity contribution in [3.05, 3.63) is 56.8 Å². The first-order valence-electron chi connectivity index (χ1n) is 12.9. The summed E-state index contributed by atoms with van der Waals surface area (Å²) >= 11 is 4.51. The molecular formula is C29H26N4O6S3. The van der Waals surface area contributed by atoms with Crippen molar-refractivity contribution in [2.45, 2.75) is 19.8 Å². The van der Waals surface area contributed by atoms with Gasteiger partial charge in [-0.2, -0.15) is 0 Å². The Morgan fingerprint density at radius 2 is 1.02 bits per heavy atom. The molecule has 10 nitrogen and oxygen atoms in total. The molecule has 3 aromatic heterocycles. The van der Waals surface area contributed by atoms with E-state index in [2.05, 4.69) is 13.0 Å². The predicted octanol–water partition coefficient (Wildman–Crippen LogP) is 5.03. The van der Waals surface area contributed by atoms with Gasteiger partial charge in [-0.3, -0.25) is 38.8 Å². The monoisotopic (exact) mass is 622 g/mol. The third-order valence-electron chi connectivity index (χ3n) is 6.91. The molecule has 8 amide bonds. The largest absolute Gasteiger partial charge is 0.333 e. The van der Waals surface area contributed by atoms with Crippen molar-refractivity contribution >= 4 is 81.9 Å². The molecule has 0 spiro atoms. The van der Waals surface area contributed by atoms with Gasteiger partial charge in [0.25, 0.3) is 23.6 Å². The Bertz CT molecular complexity index is 1690. The molecule has 0 unspecified atom stereocenters. The van der Waals surface area contributed by atoms with Gasteiger partial charge in [-0.1, -0.05) is 13.3 Å². The molecule has 0 saturated carbocycles. The lowest BCUT2D eigenvalue weighted by Gasteiger charge is -2.28. The summed E-state index contributed by atoms with van der Waals surface area (Å²) in [5.74, 6) is -2.53. The Morgan fingerprint density at radius 3 is 1.48 bits per heavy atom. The van der Waals surface area contributed by atoms with Gasteiger partial charge in [0.2, 0.25) is 0 Å². The number of likely N-dealkylation sites (N-methyl/N-ethyl adjacent to an activating group) is 4. The Hall–Kier alpha value is -4.20. The van der Waals surface area contributed by atoms with Gasteiger partial charge in [-0.25, -0.2) is 9.59 Å². The quantitative estimate of drug-likeness (QED) is 0.282. The Kier molecular flexibility index (Phi) is 7.84. The summed E-state index contributed by atoms with van der Waals surface area (Å²) in [5, 5.41) is 0. The number of urea groups is 2. The first-order valence-corrected chi connectivity index (χ1v) is 15.3. The highest BCUT2D eigenvalue weighted by Crippen LogP contribution is 2.44. The molecule has 42 heavy (non-hydrogen) atoms. The topological polar surface area (TPSA) is 115 Å². The van der Waals surface area contributed by atoms with Crippen molar-refractivity contribution in [3.63, 3.8) is 0 Å². The van der Waals surface area contributed by atoms with Crippen molar-refractivity contribution in [1.29, 1.82) is 0 Å². The van der Waals surface area contributed by atoms with Gasteiger partial charge in [0.15, 0.2) is 0 Å². The fourth-order valence-corrected chi connectivity index (χ4v) is 7.90. The van der Waals surface area contributed by atoms with Crippen molar-refractivity contribution in [2.75, 3.05) is 28.2 Å². The number of rotatable bonds is 6. The minimum atomic E-state index is -0.664. The van der Waals surface area contributed by atoms with E-state index < -0.39 is 35.7 Å². The lowest BCUT2D eigenvalue weighted by Crippen LogP contribution is -2.52. The van der Waals surface area contributed by atoms with Gasteiger partial charge in [0.05, 0.1) is 0 Å². The highest BCUT2D eigenvalue weighted by atomic mass is 32.1. The minimum absolute atomic E-state index is 0.0643. The number of barbiturate groups is 2.